The maximum absolute atomic E-state index is 12.0. The highest BCUT2D eigenvalue weighted by atomic mass is 32.2. The Kier molecular flexibility index (Phi) is 4.48. The summed E-state index contributed by atoms with van der Waals surface area (Å²) < 4.78 is 29.2. The monoisotopic (exact) mass is 288 g/mol. The van der Waals surface area contributed by atoms with Gasteiger partial charge in [0.25, 0.3) is 0 Å². The summed E-state index contributed by atoms with van der Waals surface area (Å²) in [6.45, 7) is -0.765. The van der Waals surface area contributed by atoms with E-state index in [0.717, 1.165) is 9.90 Å². The number of rotatable bonds is 5. The molecule has 0 radical (unpaired) electrons. The van der Waals surface area contributed by atoms with Crippen LogP contribution in [-0.4, -0.2) is 16.8 Å². The van der Waals surface area contributed by atoms with E-state index in [4.69, 9.17) is 0 Å². The van der Waals surface area contributed by atoms with Crippen molar-refractivity contribution in [2.45, 2.75) is 23.1 Å². The first kappa shape index (κ1) is 13.2. The molecule has 96 valence electrons. The average molecular weight is 288 g/mol. The fraction of sp³-hybridized carbons (Fsp3) is 0.273. The van der Waals surface area contributed by atoms with Gasteiger partial charge in [-0.05, 0) is 24.6 Å². The van der Waals surface area contributed by atoms with Gasteiger partial charge >= 0.3 is 6.61 Å². The van der Waals surface area contributed by atoms with Crippen molar-refractivity contribution in [3.05, 3.63) is 35.3 Å². The Hall–Kier alpha value is -1.21. The molecule has 0 N–H and O–H groups in total. The van der Waals surface area contributed by atoms with E-state index in [1.165, 1.54) is 11.3 Å². The Bertz CT molecular complexity index is 476. The van der Waals surface area contributed by atoms with E-state index in [1.807, 2.05) is 6.92 Å². The third-order valence-electron chi connectivity index (χ3n) is 2.19. The quantitative estimate of drug-likeness (QED) is 0.779. The second-order valence-corrected chi connectivity index (χ2v) is 5.83. The number of aromatic nitrogens is 2. The maximum atomic E-state index is 12.0. The Labute approximate surface area is 111 Å². The molecule has 0 amide bonds. The van der Waals surface area contributed by atoms with Gasteiger partial charge < -0.3 is 4.74 Å². The van der Waals surface area contributed by atoms with Crippen LogP contribution in [0.2, 0.25) is 0 Å². The molecular formula is C11H10F2N2OS2. The number of nitrogens with zero attached hydrogens (tertiary/aromatic N) is 2. The zero-order valence-electron chi connectivity index (χ0n) is 9.42. The molecular weight excluding hydrogens is 278 g/mol. The van der Waals surface area contributed by atoms with Crippen LogP contribution in [0.3, 0.4) is 0 Å². The molecule has 0 aliphatic heterocycles. The van der Waals surface area contributed by atoms with Crippen molar-refractivity contribution in [2.24, 2.45) is 0 Å². The first-order valence-electron chi connectivity index (χ1n) is 5.13. The molecule has 0 fully saturated rings. The van der Waals surface area contributed by atoms with Crippen LogP contribution in [0.25, 0.3) is 0 Å². The van der Waals surface area contributed by atoms with Crippen molar-refractivity contribution < 1.29 is 13.5 Å². The molecule has 3 nitrogen and oxygen atoms in total. The van der Waals surface area contributed by atoms with Crippen molar-refractivity contribution in [3.63, 3.8) is 0 Å². The van der Waals surface area contributed by atoms with E-state index in [1.54, 1.807) is 41.5 Å². The molecule has 0 spiro atoms. The summed E-state index contributed by atoms with van der Waals surface area (Å²) in [5, 5.41) is 7.89. The van der Waals surface area contributed by atoms with Crippen LogP contribution in [0.4, 0.5) is 8.78 Å². The van der Waals surface area contributed by atoms with E-state index in [0.29, 0.717) is 0 Å². The third-order valence-corrected chi connectivity index (χ3v) is 4.16. The topological polar surface area (TPSA) is 35.0 Å². The first-order chi connectivity index (χ1) is 8.65. The molecule has 2 aromatic rings. The first-order valence-corrected chi connectivity index (χ1v) is 6.88. The molecule has 0 saturated carbocycles. The SMILES string of the molecule is C[C@@H](Sc1nncs1)c1ccc(OC(F)F)cc1. The average Bonchev–Trinajstić information content (AvgIpc) is 2.82. The van der Waals surface area contributed by atoms with Gasteiger partial charge in [0, 0.05) is 5.25 Å². The van der Waals surface area contributed by atoms with Crippen molar-refractivity contribution in [2.75, 3.05) is 0 Å². The summed E-state index contributed by atoms with van der Waals surface area (Å²) in [5.74, 6) is 0.168. The second kappa shape index (κ2) is 6.10. The predicted molar refractivity (Wildman–Crippen MR) is 67.3 cm³/mol. The van der Waals surface area contributed by atoms with Gasteiger partial charge in [0.2, 0.25) is 0 Å². The van der Waals surface area contributed by atoms with E-state index >= 15 is 0 Å². The number of benzene rings is 1. The van der Waals surface area contributed by atoms with Crippen LogP contribution < -0.4 is 4.74 Å². The number of alkyl halides is 2. The van der Waals surface area contributed by atoms with Crippen LogP contribution in [0, 0.1) is 0 Å². The van der Waals surface area contributed by atoms with E-state index < -0.39 is 6.61 Å². The minimum atomic E-state index is -2.79. The Morgan fingerprint density at radius 3 is 2.56 bits per heavy atom. The highest BCUT2D eigenvalue weighted by Gasteiger charge is 2.10. The molecule has 0 bridgehead atoms. The number of halogens is 2. The Morgan fingerprint density at radius 1 is 1.28 bits per heavy atom. The summed E-state index contributed by atoms with van der Waals surface area (Å²) in [7, 11) is 0. The predicted octanol–water partition coefficient (Wildman–Crippen LogP) is 3.99. The molecule has 7 heteroatoms. The number of hydrogen-bond acceptors (Lipinski definition) is 5. The third kappa shape index (κ3) is 3.64. The van der Waals surface area contributed by atoms with Gasteiger partial charge in [-0.2, -0.15) is 8.78 Å². The van der Waals surface area contributed by atoms with Gasteiger partial charge in [-0.1, -0.05) is 35.2 Å². The standard InChI is InChI=1S/C11H10F2N2OS2/c1-7(18-11-15-14-6-17-11)8-2-4-9(5-3-8)16-10(12)13/h2-7,10H,1H3/t7-/m1/s1. The zero-order valence-corrected chi connectivity index (χ0v) is 11.0. The van der Waals surface area contributed by atoms with Crippen molar-refractivity contribution in [1.82, 2.24) is 10.2 Å². The smallest absolute Gasteiger partial charge is 0.387 e. The minimum absolute atomic E-state index is 0.168. The van der Waals surface area contributed by atoms with Gasteiger partial charge in [-0.15, -0.1) is 10.2 Å². The number of hydrogen-bond donors (Lipinski definition) is 0. The van der Waals surface area contributed by atoms with Gasteiger partial charge in [-0.25, -0.2) is 0 Å². The summed E-state index contributed by atoms with van der Waals surface area (Å²) in [6, 6.07) is 6.63. The van der Waals surface area contributed by atoms with Crippen molar-refractivity contribution in [1.29, 1.82) is 0 Å². The Morgan fingerprint density at radius 2 is 2.00 bits per heavy atom. The minimum Gasteiger partial charge on any atom is -0.435 e. The van der Waals surface area contributed by atoms with Crippen LogP contribution in [0.5, 0.6) is 5.75 Å². The largest absolute Gasteiger partial charge is 0.435 e. The lowest BCUT2D eigenvalue weighted by Gasteiger charge is -2.10. The zero-order chi connectivity index (χ0) is 13.0. The maximum Gasteiger partial charge on any atom is 0.387 e. The normalized spacial score (nSPS) is 12.7. The van der Waals surface area contributed by atoms with E-state index in [-0.39, 0.29) is 11.0 Å². The molecule has 18 heavy (non-hydrogen) atoms. The molecule has 2 rings (SSSR count). The van der Waals surface area contributed by atoms with Gasteiger partial charge in [0.1, 0.15) is 11.3 Å². The summed E-state index contributed by atoms with van der Waals surface area (Å²) in [4.78, 5) is 0. The Balaban J connectivity index is 2.00. The van der Waals surface area contributed by atoms with E-state index in [9.17, 15) is 8.78 Å². The van der Waals surface area contributed by atoms with Gasteiger partial charge in [0.05, 0.1) is 0 Å². The van der Waals surface area contributed by atoms with Crippen molar-refractivity contribution >= 4 is 23.1 Å². The van der Waals surface area contributed by atoms with Crippen LogP contribution in [-0.2, 0) is 0 Å². The fourth-order valence-corrected chi connectivity index (χ4v) is 3.11. The summed E-state index contributed by atoms with van der Waals surface area (Å²) in [5.41, 5.74) is 2.70. The molecule has 1 heterocycles. The lowest BCUT2D eigenvalue weighted by molar-refractivity contribution is -0.0498. The highest BCUT2D eigenvalue weighted by molar-refractivity contribution is 8.01. The molecule has 0 saturated heterocycles. The van der Waals surface area contributed by atoms with Crippen molar-refractivity contribution in [3.8, 4) is 5.75 Å². The molecule has 0 aliphatic rings. The lowest BCUT2D eigenvalue weighted by Crippen LogP contribution is -2.01. The van der Waals surface area contributed by atoms with Gasteiger partial charge in [-0.3, -0.25) is 0 Å². The summed E-state index contributed by atoms with van der Waals surface area (Å²) in [6.07, 6.45) is 0. The molecule has 1 aromatic carbocycles. The highest BCUT2D eigenvalue weighted by Crippen LogP contribution is 2.35. The number of ether oxygens (including phenoxy) is 1. The van der Waals surface area contributed by atoms with Crippen LogP contribution >= 0.6 is 23.1 Å². The molecule has 0 aliphatic carbocycles. The summed E-state index contributed by atoms with van der Waals surface area (Å²) >= 11 is 3.05. The number of thioether (sulfide) groups is 1. The van der Waals surface area contributed by atoms with E-state index in [2.05, 4.69) is 14.9 Å². The van der Waals surface area contributed by atoms with Crippen LogP contribution in [0.15, 0.2) is 34.1 Å². The molecule has 0 unspecified atom stereocenters. The van der Waals surface area contributed by atoms with Crippen LogP contribution in [0.1, 0.15) is 17.7 Å². The van der Waals surface area contributed by atoms with Gasteiger partial charge in [0.15, 0.2) is 4.34 Å². The lowest BCUT2D eigenvalue weighted by atomic mass is 10.2. The second-order valence-electron chi connectivity index (χ2n) is 3.41. The fourth-order valence-electron chi connectivity index (χ4n) is 1.35. The molecule has 1 atom stereocenters. The molecule has 1 aromatic heterocycles.